The van der Waals surface area contributed by atoms with E-state index in [1.54, 1.807) is 13.8 Å². The highest BCUT2D eigenvalue weighted by Gasteiger charge is 2.26. The maximum atomic E-state index is 11.5. The zero-order chi connectivity index (χ0) is 12.0. The summed E-state index contributed by atoms with van der Waals surface area (Å²) in [6.07, 6.45) is 0. The largest absolute Gasteiger partial charge is 0.466 e. The van der Waals surface area contributed by atoms with Gasteiger partial charge in [0, 0.05) is 0 Å². The van der Waals surface area contributed by atoms with Gasteiger partial charge in [-0.3, -0.25) is 4.79 Å². The number of carbonyl (C=O) groups excluding carboxylic acids is 1. The zero-order valence-electron chi connectivity index (χ0n) is 9.51. The van der Waals surface area contributed by atoms with Crippen LogP contribution >= 0.6 is 0 Å². The molecule has 0 fully saturated rings. The molecule has 0 aliphatic carbocycles. The Balaban J connectivity index is 2.84. The van der Waals surface area contributed by atoms with Gasteiger partial charge in [0.25, 0.3) is 0 Å². The summed E-state index contributed by atoms with van der Waals surface area (Å²) < 4.78 is 4.92. The summed E-state index contributed by atoms with van der Waals surface area (Å²) in [7, 11) is 0. The third-order valence-corrected chi connectivity index (χ3v) is 2.46. The normalized spacial score (nSPS) is 13.6. The van der Waals surface area contributed by atoms with Crippen LogP contribution in [0.4, 0.5) is 0 Å². The van der Waals surface area contributed by atoms with Gasteiger partial charge in [-0.15, -0.1) is 0 Å². The van der Waals surface area contributed by atoms with Crippen LogP contribution in [-0.4, -0.2) is 12.6 Å². The van der Waals surface area contributed by atoms with Gasteiger partial charge in [0.2, 0.25) is 0 Å². The molecule has 1 rings (SSSR count). The van der Waals surface area contributed by atoms with Crippen LogP contribution in [0.5, 0.6) is 0 Å². The van der Waals surface area contributed by atoms with Gasteiger partial charge in [0.05, 0.1) is 24.5 Å². The minimum Gasteiger partial charge on any atom is -0.466 e. The first-order valence-corrected chi connectivity index (χ1v) is 5.32. The second kappa shape index (κ2) is 5.92. The van der Waals surface area contributed by atoms with Crippen LogP contribution in [0.2, 0.25) is 0 Å². The SMILES string of the molecule is CCOC(=O)[C@@H](C)[C@H](C#N)c1ccccc1. The molecule has 0 unspecified atom stereocenters. The first kappa shape index (κ1) is 12.3. The fraction of sp³-hybridized carbons (Fsp3) is 0.385. The van der Waals surface area contributed by atoms with Crippen LogP contribution in [0.25, 0.3) is 0 Å². The van der Waals surface area contributed by atoms with E-state index in [1.807, 2.05) is 30.3 Å². The second-order valence-corrected chi connectivity index (χ2v) is 3.56. The van der Waals surface area contributed by atoms with Crippen molar-refractivity contribution in [2.75, 3.05) is 6.61 Å². The third-order valence-electron chi connectivity index (χ3n) is 2.46. The van der Waals surface area contributed by atoms with Gasteiger partial charge < -0.3 is 4.74 Å². The molecule has 0 amide bonds. The topological polar surface area (TPSA) is 50.1 Å². The van der Waals surface area contributed by atoms with Gasteiger partial charge in [-0.25, -0.2) is 0 Å². The quantitative estimate of drug-likeness (QED) is 0.728. The fourth-order valence-electron chi connectivity index (χ4n) is 1.55. The van der Waals surface area contributed by atoms with Gasteiger partial charge in [-0.1, -0.05) is 37.3 Å². The molecule has 3 heteroatoms. The van der Waals surface area contributed by atoms with E-state index in [2.05, 4.69) is 6.07 Å². The lowest BCUT2D eigenvalue weighted by Crippen LogP contribution is -2.21. The average Bonchev–Trinajstić information content (AvgIpc) is 2.31. The Morgan fingerprint density at radius 3 is 2.56 bits per heavy atom. The third kappa shape index (κ3) is 2.83. The molecule has 0 aromatic heterocycles. The number of rotatable bonds is 4. The molecule has 0 N–H and O–H groups in total. The van der Waals surface area contributed by atoms with Crippen molar-refractivity contribution in [3.63, 3.8) is 0 Å². The average molecular weight is 217 g/mol. The molecule has 0 saturated carbocycles. The molecule has 0 spiro atoms. The fourth-order valence-corrected chi connectivity index (χ4v) is 1.55. The summed E-state index contributed by atoms with van der Waals surface area (Å²) in [5, 5.41) is 9.11. The van der Waals surface area contributed by atoms with Crippen molar-refractivity contribution in [2.24, 2.45) is 5.92 Å². The van der Waals surface area contributed by atoms with Gasteiger partial charge in [0.1, 0.15) is 0 Å². The molecule has 0 saturated heterocycles. The summed E-state index contributed by atoms with van der Waals surface area (Å²) in [5.41, 5.74) is 0.852. The molecule has 0 aliphatic heterocycles. The van der Waals surface area contributed by atoms with E-state index in [4.69, 9.17) is 10.00 Å². The summed E-state index contributed by atoms with van der Waals surface area (Å²) in [4.78, 5) is 11.5. The molecule has 1 aromatic carbocycles. The molecule has 0 bridgehead atoms. The Labute approximate surface area is 95.7 Å². The number of ether oxygens (including phenoxy) is 1. The number of esters is 1. The number of carbonyl (C=O) groups is 1. The lowest BCUT2D eigenvalue weighted by molar-refractivity contribution is -0.147. The molecule has 0 heterocycles. The number of benzene rings is 1. The van der Waals surface area contributed by atoms with Crippen molar-refractivity contribution in [3.8, 4) is 6.07 Å². The second-order valence-electron chi connectivity index (χ2n) is 3.56. The smallest absolute Gasteiger partial charge is 0.310 e. The number of nitriles is 1. The maximum absolute atomic E-state index is 11.5. The van der Waals surface area contributed by atoms with Crippen LogP contribution in [0.3, 0.4) is 0 Å². The summed E-state index contributed by atoms with van der Waals surface area (Å²) in [6, 6.07) is 11.5. The Hall–Kier alpha value is -1.82. The van der Waals surface area contributed by atoms with E-state index < -0.39 is 11.8 Å². The van der Waals surface area contributed by atoms with Crippen molar-refractivity contribution in [1.29, 1.82) is 5.26 Å². The molecule has 84 valence electrons. The summed E-state index contributed by atoms with van der Waals surface area (Å²) in [5.74, 6) is -1.20. The first-order valence-electron chi connectivity index (χ1n) is 5.32. The van der Waals surface area contributed by atoms with Crippen molar-refractivity contribution in [3.05, 3.63) is 35.9 Å². The van der Waals surface area contributed by atoms with Gasteiger partial charge >= 0.3 is 5.97 Å². The molecule has 2 atom stereocenters. The predicted molar refractivity (Wildman–Crippen MR) is 60.6 cm³/mol. The van der Waals surface area contributed by atoms with Crippen molar-refractivity contribution in [1.82, 2.24) is 0 Å². The van der Waals surface area contributed by atoms with Crippen molar-refractivity contribution >= 4 is 5.97 Å². The van der Waals surface area contributed by atoms with E-state index in [1.165, 1.54) is 0 Å². The van der Waals surface area contributed by atoms with E-state index in [9.17, 15) is 4.79 Å². The molecule has 0 radical (unpaired) electrons. The van der Waals surface area contributed by atoms with E-state index in [0.717, 1.165) is 5.56 Å². The van der Waals surface area contributed by atoms with Gasteiger partial charge in [0.15, 0.2) is 0 Å². The Bertz CT molecular complexity index is 381. The number of nitrogens with zero attached hydrogens (tertiary/aromatic N) is 1. The zero-order valence-corrected chi connectivity index (χ0v) is 9.51. The molecular formula is C13H15NO2. The van der Waals surface area contributed by atoms with Crippen LogP contribution in [-0.2, 0) is 9.53 Å². The Morgan fingerprint density at radius 1 is 1.44 bits per heavy atom. The van der Waals surface area contributed by atoms with E-state index in [0.29, 0.717) is 6.61 Å². The van der Waals surface area contributed by atoms with Crippen molar-refractivity contribution in [2.45, 2.75) is 19.8 Å². The van der Waals surface area contributed by atoms with Crippen molar-refractivity contribution < 1.29 is 9.53 Å². The maximum Gasteiger partial charge on any atom is 0.310 e. The highest BCUT2D eigenvalue weighted by molar-refractivity contribution is 5.74. The molecular weight excluding hydrogens is 202 g/mol. The standard InChI is InChI=1S/C13H15NO2/c1-3-16-13(15)10(2)12(9-14)11-7-5-4-6-8-11/h4-8,10,12H,3H2,1-2H3/t10-,12-/m0/s1. The minimum atomic E-state index is -0.444. The van der Waals surface area contributed by atoms with Crippen LogP contribution in [0, 0.1) is 17.2 Å². The van der Waals surface area contributed by atoms with Crippen LogP contribution in [0.15, 0.2) is 30.3 Å². The first-order chi connectivity index (χ1) is 7.70. The molecule has 1 aromatic rings. The van der Waals surface area contributed by atoms with E-state index in [-0.39, 0.29) is 5.97 Å². The van der Waals surface area contributed by atoms with Crippen LogP contribution < -0.4 is 0 Å². The predicted octanol–water partition coefficient (Wildman–Crippen LogP) is 2.49. The lowest BCUT2D eigenvalue weighted by atomic mass is 9.88. The monoisotopic (exact) mass is 217 g/mol. The summed E-state index contributed by atoms with van der Waals surface area (Å²) >= 11 is 0. The minimum absolute atomic E-state index is 0.321. The van der Waals surface area contributed by atoms with E-state index >= 15 is 0 Å². The molecule has 16 heavy (non-hydrogen) atoms. The highest BCUT2D eigenvalue weighted by Crippen LogP contribution is 2.24. The Morgan fingerprint density at radius 2 is 2.06 bits per heavy atom. The summed E-state index contributed by atoms with van der Waals surface area (Å²) in [6.45, 7) is 3.82. The molecule has 0 aliphatic rings. The van der Waals surface area contributed by atoms with Gasteiger partial charge in [-0.05, 0) is 12.5 Å². The number of hydrogen-bond donors (Lipinski definition) is 0. The lowest BCUT2D eigenvalue weighted by Gasteiger charge is -2.16. The Kier molecular flexibility index (Phi) is 4.53. The van der Waals surface area contributed by atoms with Gasteiger partial charge in [-0.2, -0.15) is 5.26 Å². The molecule has 3 nitrogen and oxygen atoms in total. The number of hydrogen-bond acceptors (Lipinski definition) is 3. The van der Waals surface area contributed by atoms with Crippen LogP contribution in [0.1, 0.15) is 25.3 Å². The highest BCUT2D eigenvalue weighted by atomic mass is 16.5.